The number of imide groups is 1. The standard InChI is InChI=1S/C23H23N3O4/c1-15-12-19(16(2)25(15)13-18-10-7-11-30-18)20(27)14-26-21(28)23(3,24-22(26)29)17-8-5-4-6-9-17/h4-12H,13-14H2,1-3H3,(H,24,29)/t23-/m0/s1. The SMILES string of the molecule is Cc1cc(C(=O)CN2C(=O)N[C@@](C)(c3ccccc3)C2=O)c(C)n1Cc1ccco1. The summed E-state index contributed by atoms with van der Waals surface area (Å²) in [5.41, 5.74) is 1.66. The number of aromatic nitrogens is 1. The average Bonchev–Trinajstić information content (AvgIpc) is 3.40. The van der Waals surface area contributed by atoms with Crippen LogP contribution in [-0.4, -0.2) is 33.7 Å². The van der Waals surface area contributed by atoms with Crippen molar-refractivity contribution >= 4 is 17.7 Å². The van der Waals surface area contributed by atoms with Gasteiger partial charge in [-0.3, -0.25) is 14.5 Å². The second-order valence-electron chi connectivity index (χ2n) is 7.69. The number of nitrogens with one attached hydrogen (secondary N) is 1. The number of amides is 3. The van der Waals surface area contributed by atoms with E-state index in [4.69, 9.17) is 4.42 Å². The first-order chi connectivity index (χ1) is 14.3. The maximum absolute atomic E-state index is 13.0. The molecular formula is C23H23N3O4. The number of furan rings is 1. The minimum atomic E-state index is -1.19. The Labute approximate surface area is 174 Å². The van der Waals surface area contributed by atoms with Crippen molar-refractivity contribution in [2.75, 3.05) is 6.54 Å². The second-order valence-corrected chi connectivity index (χ2v) is 7.69. The number of hydrogen-bond donors (Lipinski definition) is 1. The van der Waals surface area contributed by atoms with Crippen molar-refractivity contribution in [1.82, 2.24) is 14.8 Å². The van der Waals surface area contributed by atoms with E-state index in [1.54, 1.807) is 31.4 Å². The monoisotopic (exact) mass is 405 g/mol. The minimum absolute atomic E-state index is 0.283. The number of aryl methyl sites for hydroxylation is 1. The third-order valence-electron chi connectivity index (χ3n) is 5.70. The van der Waals surface area contributed by atoms with Gasteiger partial charge in [-0.05, 0) is 44.5 Å². The molecule has 30 heavy (non-hydrogen) atoms. The number of Topliss-reactive ketones (excluding diaryl/α,β-unsaturated/α-hetero) is 1. The Morgan fingerprint density at radius 1 is 1.10 bits per heavy atom. The van der Waals surface area contributed by atoms with Gasteiger partial charge < -0.3 is 14.3 Å². The van der Waals surface area contributed by atoms with Crippen LogP contribution in [0.15, 0.2) is 59.2 Å². The van der Waals surface area contributed by atoms with Crippen molar-refractivity contribution in [2.45, 2.75) is 32.9 Å². The molecule has 154 valence electrons. The fraction of sp³-hybridized carbons (Fsp3) is 0.261. The van der Waals surface area contributed by atoms with E-state index in [1.807, 2.05) is 48.7 Å². The van der Waals surface area contributed by atoms with Gasteiger partial charge in [0.2, 0.25) is 0 Å². The van der Waals surface area contributed by atoms with E-state index < -0.39 is 17.5 Å². The van der Waals surface area contributed by atoms with Gasteiger partial charge in [-0.25, -0.2) is 4.79 Å². The van der Waals surface area contributed by atoms with Crippen molar-refractivity contribution in [3.05, 3.63) is 83.1 Å². The summed E-state index contributed by atoms with van der Waals surface area (Å²) in [6.07, 6.45) is 1.61. The average molecular weight is 405 g/mol. The Morgan fingerprint density at radius 2 is 1.83 bits per heavy atom. The summed E-state index contributed by atoms with van der Waals surface area (Å²) in [5.74, 6) is 0.0644. The topological polar surface area (TPSA) is 84.5 Å². The zero-order valence-electron chi connectivity index (χ0n) is 17.1. The Kier molecular flexibility index (Phi) is 4.81. The zero-order valence-corrected chi connectivity index (χ0v) is 17.1. The Morgan fingerprint density at radius 3 is 2.50 bits per heavy atom. The third-order valence-corrected chi connectivity index (χ3v) is 5.70. The minimum Gasteiger partial charge on any atom is -0.467 e. The molecule has 7 heteroatoms. The van der Waals surface area contributed by atoms with E-state index in [9.17, 15) is 14.4 Å². The first-order valence-electron chi connectivity index (χ1n) is 9.73. The number of carbonyl (C=O) groups is 3. The summed E-state index contributed by atoms with van der Waals surface area (Å²) in [6.45, 7) is 5.61. The van der Waals surface area contributed by atoms with Crippen molar-refractivity contribution in [2.24, 2.45) is 0 Å². The fourth-order valence-electron chi connectivity index (χ4n) is 3.92. The quantitative estimate of drug-likeness (QED) is 0.503. The van der Waals surface area contributed by atoms with Gasteiger partial charge in [-0.2, -0.15) is 0 Å². The summed E-state index contributed by atoms with van der Waals surface area (Å²) in [6, 6.07) is 13.9. The molecule has 7 nitrogen and oxygen atoms in total. The number of nitrogens with zero attached hydrogens (tertiary/aromatic N) is 2. The molecule has 3 aromatic rings. The van der Waals surface area contributed by atoms with Gasteiger partial charge in [0.25, 0.3) is 5.91 Å². The normalized spacial score (nSPS) is 18.7. The first-order valence-corrected chi connectivity index (χ1v) is 9.73. The number of ketones is 1. The lowest BCUT2D eigenvalue weighted by molar-refractivity contribution is -0.130. The second kappa shape index (κ2) is 7.33. The molecular weight excluding hydrogens is 382 g/mol. The summed E-state index contributed by atoms with van der Waals surface area (Å²) in [4.78, 5) is 39.6. The van der Waals surface area contributed by atoms with Gasteiger partial charge in [0.1, 0.15) is 11.3 Å². The first kappa shape index (κ1) is 19.7. The maximum Gasteiger partial charge on any atom is 0.325 e. The highest BCUT2D eigenvalue weighted by Gasteiger charge is 2.49. The highest BCUT2D eigenvalue weighted by atomic mass is 16.3. The molecule has 4 rings (SSSR count). The Hall–Kier alpha value is -3.61. The van der Waals surface area contributed by atoms with Crippen LogP contribution in [0.25, 0.3) is 0 Å². The summed E-state index contributed by atoms with van der Waals surface area (Å²) in [5, 5.41) is 2.73. The molecule has 0 saturated carbocycles. The third kappa shape index (κ3) is 3.22. The van der Waals surface area contributed by atoms with Crippen LogP contribution < -0.4 is 5.32 Å². The van der Waals surface area contributed by atoms with E-state index in [1.165, 1.54) is 0 Å². The molecule has 1 saturated heterocycles. The van der Waals surface area contributed by atoms with Crippen LogP contribution in [0.1, 0.15) is 40.0 Å². The highest BCUT2D eigenvalue weighted by molar-refractivity contribution is 6.11. The molecule has 1 N–H and O–H groups in total. The molecule has 1 aliphatic rings. The molecule has 0 radical (unpaired) electrons. The van der Waals surface area contributed by atoms with Crippen molar-refractivity contribution in [1.29, 1.82) is 0 Å². The van der Waals surface area contributed by atoms with Gasteiger partial charge >= 0.3 is 6.03 Å². The molecule has 1 atom stereocenters. The molecule has 1 aliphatic heterocycles. The van der Waals surface area contributed by atoms with Gasteiger partial charge in [-0.1, -0.05) is 30.3 Å². The molecule has 3 amide bonds. The van der Waals surface area contributed by atoms with Crippen LogP contribution in [0.4, 0.5) is 4.79 Å². The Balaban J connectivity index is 1.56. The molecule has 0 aliphatic carbocycles. The molecule has 0 spiro atoms. The van der Waals surface area contributed by atoms with E-state index in [0.717, 1.165) is 22.0 Å². The molecule has 0 bridgehead atoms. The van der Waals surface area contributed by atoms with E-state index in [2.05, 4.69) is 5.32 Å². The number of urea groups is 1. The summed E-state index contributed by atoms with van der Waals surface area (Å²) >= 11 is 0. The smallest absolute Gasteiger partial charge is 0.325 e. The van der Waals surface area contributed by atoms with Crippen LogP contribution in [0, 0.1) is 13.8 Å². The fourth-order valence-corrected chi connectivity index (χ4v) is 3.92. The van der Waals surface area contributed by atoms with E-state index in [0.29, 0.717) is 17.7 Å². The molecule has 1 fully saturated rings. The van der Waals surface area contributed by atoms with Crippen molar-refractivity contribution in [3.8, 4) is 0 Å². The molecule has 1 aromatic carbocycles. The molecule has 3 heterocycles. The number of carbonyl (C=O) groups excluding carboxylic acids is 3. The highest BCUT2D eigenvalue weighted by Crippen LogP contribution is 2.29. The predicted molar refractivity (Wildman–Crippen MR) is 110 cm³/mol. The van der Waals surface area contributed by atoms with Gasteiger partial charge in [0.05, 0.1) is 19.4 Å². The largest absolute Gasteiger partial charge is 0.467 e. The molecule has 2 aromatic heterocycles. The number of hydrogen-bond acceptors (Lipinski definition) is 4. The maximum atomic E-state index is 13.0. The van der Waals surface area contributed by atoms with Gasteiger partial charge in [0.15, 0.2) is 5.78 Å². The number of rotatable bonds is 6. The summed E-state index contributed by atoms with van der Waals surface area (Å²) < 4.78 is 7.38. The lowest BCUT2D eigenvalue weighted by Gasteiger charge is -2.22. The van der Waals surface area contributed by atoms with Crippen LogP contribution in [-0.2, 0) is 16.9 Å². The lowest BCUT2D eigenvalue weighted by atomic mass is 9.92. The van der Waals surface area contributed by atoms with Crippen molar-refractivity contribution in [3.63, 3.8) is 0 Å². The van der Waals surface area contributed by atoms with Crippen LogP contribution in [0.2, 0.25) is 0 Å². The van der Waals surface area contributed by atoms with Crippen LogP contribution in [0.3, 0.4) is 0 Å². The zero-order chi connectivity index (χ0) is 21.5. The molecule has 0 unspecified atom stereocenters. The number of benzene rings is 1. The van der Waals surface area contributed by atoms with Crippen molar-refractivity contribution < 1.29 is 18.8 Å². The van der Waals surface area contributed by atoms with Gasteiger partial charge in [-0.15, -0.1) is 0 Å². The predicted octanol–water partition coefficient (Wildman–Crippen LogP) is 3.40. The Bertz CT molecular complexity index is 1120. The van der Waals surface area contributed by atoms with E-state index >= 15 is 0 Å². The van der Waals surface area contributed by atoms with Crippen LogP contribution in [0.5, 0.6) is 0 Å². The van der Waals surface area contributed by atoms with E-state index in [-0.39, 0.29) is 12.3 Å². The van der Waals surface area contributed by atoms with Gasteiger partial charge in [0, 0.05) is 17.0 Å². The summed E-state index contributed by atoms with van der Waals surface area (Å²) in [7, 11) is 0. The lowest BCUT2D eigenvalue weighted by Crippen LogP contribution is -2.41. The van der Waals surface area contributed by atoms with Crippen LogP contribution >= 0.6 is 0 Å².